The second kappa shape index (κ2) is 8.80. The fraction of sp³-hybridized carbons (Fsp3) is 0.522. The number of piperidine rings is 1. The number of aryl methyl sites for hydroxylation is 1. The van der Waals surface area contributed by atoms with Gasteiger partial charge >= 0.3 is 5.97 Å². The van der Waals surface area contributed by atoms with E-state index in [2.05, 4.69) is 66.1 Å². The van der Waals surface area contributed by atoms with Crippen molar-refractivity contribution in [3.05, 3.63) is 41.2 Å². The number of hydrogen-bond donors (Lipinski definition) is 2. The van der Waals surface area contributed by atoms with Crippen molar-refractivity contribution in [3.63, 3.8) is 0 Å². The molecule has 0 atom stereocenters. The number of aliphatic carboxylic acids is 1. The monoisotopic (exact) mass is 396 g/mol. The smallest absolute Gasteiger partial charge is 0.306 e. The maximum atomic E-state index is 11.2. The molecule has 0 bridgehead atoms. The van der Waals surface area contributed by atoms with E-state index in [-0.39, 0.29) is 5.92 Å². The molecule has 0 aliphatic carbocycles. The van der Waals surface area contributed by atoms with Gasteiger partial charge in [-0.25, -0.2) is 9.97 Å². The molecule has 3 rings (SSSR count). The number of para-hydroxylation sites is 1. The number of hydrogen-bond acceptors (Lipinski definition) is 5. The second-order valence-electron chi connectivity index (χ2n) is 8.50. The van der Waals surface area contributed by atoms with Gasteiger partial charge in [-0.15, -0.1) is 0 Å². The molecule has 1 fully saturated rings. The summed E-state index contributed by atoms with van der Waals surface area (Å²) in [6, 6.07) is 8.45. The number of carbonyl (C=O) groups is 1. The molecule has 0 amide bonds. The number of anilines is 3. The highest BCUT2D eigenvalue weighted by Gasteiger charge is 2.25. The van der Waals surface area contributed by atoms with E-state index in [0.29, 0.717) is 43.6 Å². The second-order valence-corrected chi connectivity index (χ2v) is 8.50. The van der Waals surface area contributed by atoms with Gasteiger partial charge in [0, 0.05) is 24.8 Å². The van der Waals surface area contributed by atoms with Crippen LogP contribution in [-0.4, -0.2) is 34.1 Å². The van der Waals surface area contributed by atoms with E-state index in [1.807, 2.05) is 13.0 Å². The first-order valence-corrected chi connectivity index (χ1v) is 10.5. The third-order valence-corrected chi connectivity index (χ3v) is 5.62. The molecular weight excluding hydrogens is 364 g/mol. The Morgan fingerprint density at radius 1 is 1.10 bits per heavy atom. The Morgan fingerprint density at radius 3 is 2.21 bits per heavy atom. The summed E-state index contributed by atoms with van der Waals surface area (Å²) in [5, 5.41) is 12.8. The van der Waals surface area contributed by atoms with Crippen molar-refractivity contribution in [3.8, 4) is 0 Å². The minimum absolute atomic E-state index is 0.252. The van der Waals surface area contributed by atoms with E-state index in [1.165, 1.54) is 11.1 Å². The van der Waals surface area contributed by atoms with Crippen LogP contribution in [0.5, 0.6) is 0 Å². The number of carboxylic acid groups (broad SMARTS) is 1. The van der Waals surface area contributed by atoms with Gasteiger partial charge in [-0.2, -0.15) is 0 Å². The summed E-state index contributed by atoms with van der Waals surface area (Å²) in [6.45, 7) is 12.1. The highest BCUT2D eigenvalue weighted by atomic mass is 16.4. The van der Waals surface area contributed by atoms with Gasteiger partial charge in [0.25, 0.3) is 0 Å². The van der Waals surface area contributed by atoms with Crippen molar-refractivity contribution < 1.29 is 9.90 Å². The summed E-state index contributed by atoms with van der Waals surface area (Å²) < 4.78 is 0. The molecule has 2 N–H and O–H groups in total. The number of carboxylic acids is 1. The third kappa shape index (κ3) is 4.86. The van der Waals surface area contributed by atoms with Crippen LogP contribution in [0.25, 0.3) is 0 Å². The minimum Gasteiger partial charge on any atom is -0.481 e. The van der Waals surface area contributed by atoms with Crippen LogP contribution in [0, 0.1) is 12.8 Å². The first-order valence-electron chi connectivity index (χ1n) is 10.5. The number of benzene rings is 1. The SMILES string of the molecule is Cc1nc(Nc2c(C(C)C)cccc2C(C)C)cc(N2CCC(C(=O)O)CC2)n1. The number of nitrogens with one attached hydrogen (secondary N) is 1. The van der Waals surface area contributed by atoms with Gasteiger partial charge in [0.1, 0.15) is 17.5 Å². The molecule has 1 aromatic heterocycles. The summed E-state index contributed by atoms with van der Waals surface area (Å²) in [5.41, 5.74) is 3.68. The standard InChI is InChI=1S/C23H32N4O2/c1-14(2)18-7-6-8-19(15(3)4)22(18)26-20-13-21(25-16(5)24-20)27-11-9-17(10-12-27)23(28)29/h6-8,13-15,17H,9-12H2,1-5H3,(H,28,29)(H,24,25,26). The zero-order chi connectivity index (χ0) is 21.1. The van der Waals surface area contributed by atoms with Crippen molar-refractivity contribution in [2.75, 3.05) is 23.3 Å². The summed E-state index contributed by atoms with van der Waals surface area (Å²) in [4.78, 5) is 22.6. The fourth-order valence-corrected chi connectivity index (χ4v) is 3.96. The van der Waals surface area contributed by atoms with Gasteiger partial charge in [0.2, 0.25) is 0 Å². The molecule has 0 unspecified atom stereocenters. The Hall–Kier alpha value is -2.63. The van der Waals surface area contributed by atoms with E-state index in [0.717, 1.165) is 17.3 Å². The Morgan fingerprint density at radius 2 is 1.69 bits per heavy atom. The predicted molar refractivity (Wildman–Crippen MR) is 117 cm³/mol. The Bertz CT molecular complexity index is 845. The van der Waals surface area contributed by atoms with E-state index in [1.54, 1.807) is 0 Å². The summed E-state index contributed by atoms with van der Waals surface area (Å²) in [6.07, 6.45) is 1.30. The summed E-state index contributed by atoms with van der Waals surface area (Å²) in [7, 11) is 0. The summed E-state index contributed by atoms with van der Waals surface area (Å²) >= 11 is 0. The molecule has 0 saturated carbocycles. The van der Waals surface area contributed by atoms with E-state index in [9.17, 15) is 9.90 Å². The molecule has 1 saturated heterocycles. The zero-order valence-electron chi connectivity index (χ0n) is 18.1. The maximum absolute atomic E-state index is 11.2. The third-order valence-electron chi connectivity index (χ3n) is 5.62. The topological polar surface area (TPSA) is 78.4 Å². The van der Waals surface area contributed by atoms with Crippen molar-refractivity contribution in [1.29, 1.82) is 0 Å². The van der Waals surface area contributed by atoms with Crippen molar-refractivity contribution >= 4 is 23.3 Å². The predicted octanol–water partition coefficient (Wildman–Crippen LogP) is 5.08. The summed E-state index contributed by atoms with van der Waals surface area (Å²) in [5.74, 6) is 2.19. The average molecular weight is 397 g/mol. The molecule has 2 aromatic rings. The average Bonchev–Trinajstić information content (AvgIpc) is 2.67. The lowest BCUT2D eigenvalue weighted by Crippen LogP contribution is -2.36. The van der Waals surface area contributed by atoms with Crippen LogP contribution in [0.4, 0.5) is 17.3 Å². The van der Waals surface area contributed by atoms with E-state index >= 15 is 0 Å². The van der Waals surface area contributed by atoms with Crippen LogP contribution in [0.3, 0.4) is 0 Å². The van der Waals surface area contributed by atoms with Crippen molar-refractivity contribution in [2.45, 2.75) is 59.3 Å². The van der Waals surface area contributed by atoms with Crippen LogP contribution in [0.15, 0.2) is 24.3 Å². The van der Waals surface area contributed by atoms with E-state index < -0.39 is 5.97 Å². The molecule has 156 valence electrons. The normalized spacial score (nSPS) is 15.2. The van der Waals surface area contributed by atoms with Crippen molar-refractivity contribution in [1.82, 2.24) is 9.97 Å². The van der Waals surface area contributed by atoms with Gasteiger partial charge in [-0.1, -0.05) is 45.9 Å². The van der Waals surface area contributed by atoms with Crippen LogP contribution >= 0.6 is 0 Å². The number of rotatable bonds is 6. The molecule has 0 spiro atoms. The van der Waals surface area contributed by atoms with Crippen molar-refractivity contribution in [2.24, 2.45) is 5.92 Å². The molecule has 1 aliphatic heterocycles. The largest absolute Gasteiger partial charge is 0.481 e. The van der Waals surface area contributed by atoms with Gasteiger partial charge in [-0.3, -0.25) is 4.79 Å². The van der Waals surface area contributed by atoms with E-state index in [4.69, 9.17) is 0 Å². The van der Waals surface area contributed by atoms with Gasteiger partial charge in [0.05, 0.1) is 5.92 Å². The molecule has 2 heterocycles. The molecular formula is C23H32N4O2. The lowest BCUT2D eigenvalue weighted by atomic mass is 9.92. The molecule has 6 nitrogen and oxygen atoms in total. The molecule has 1 aliphatic rings. The fourth-order valence-electron chi connectivity index (χ4n) is 3.96. The van der Waals surface area contributed by atoms with Gasteiger partial charge in [-0.05, 0) is 42.7 Å². The first-order chi connectivity index (χ1) is 13.8. The van der Waals surface area contributed by atoms with Crippen LogP contribution < -0.4 is 10.2 Å². The molecule has 29 heavy (non-hydrogen) atoms. The Labute approximate surface area is 173 Å². The Kier molecular flexibility index (Phi) is 6.40. The Balaban J connectivity index is 1.89. The lowest BCUT2D eigenvalue weighted by Gasteiger charge is -2.31. The quantitative estimate of drug-likeness (QED) is 0.709. The first kappa shape index (κ1) is 21.1. The highest BCUT2D eigenvalue weighted by Crippen LogP contribution is 2.35. The van der Waals surface area contributed by atoms with Crippen LogP contribution in [0.1, 0.15) is 69.3 Å². The van der Waals surface area contributed by atoms with Gasteiger partial charge in [0.15, 0.2) is 0 Å². The van der Waals surface area contributed by atoms with Gasteiger partial charge < -0.3 is 15.3 Å². The zero-order valence-corrected chi connectivity index (χ0v) is 18.1. The lowest BCUT2D eigenvalue weighted by molar-refractivity contribution is -0.142. The number of nitrogens with zero attached hydrogens (tertiary/aromatic N) is 3. The number of aromatic nitrogens is 2. The maximum Gasteiger partial charge on any atom is 0.306 e. The van der Waals surface area contributed by atoms with Crippen LogP contribution in [-0.2, 0) is 4.79 Å². The molecule has 6 heteroatoms. The minimum atomic E-state index is -0.697. The molecule has 1 aromatic carbocycles. The van der Waals surface area contributed by atoms with Crippen LogP contribution in [0.2, 0.25) is 0 Å². The molecule has 0 radical (unpaired) electrons. The highest BCUT2D eigenvalue weighted by molar-refractivity contribution is 5.71.